The van der Waals surface area contributed by atoms with Gasteiger partial charge in [-0.25, -0.2) is 0 Å². The Morgan fingerprint density at radius 1 is 1.15 bits per heavy atom. The number of ketones is 1. The molecule has 1 aromatic heterocycles. The SMILES string of the molecule is O=C1CCCc2c1ccn2C1CCOc2ccccc21. The zero-order valence-electron chi connectivity index (χ0n) is 11.3. The Morgan fingerprint density at radius 3 is 3.00 bits per heavy atom. The van der Waals surface area contributed by atoms with Crippen molar-refractivity contribution >= 4 is 5.78 Å². The van der Waals surface area contributed by atoms with Gasteiger partial charge >= 0.3 is 0 Å². The Labute approximate surface area is 118 Å². The van der Waals surface area contributed by atoms with E-state index in [9.17, 15) is 4.79 Å². The van der Waals surface area contributed by atoms with Crippen LogP contribution in [0.2, 0.25) is 0 Å². The lowest BCUT2D eigenvalue weighted by Gasteiger charge is -2.29. The molecule has 0 fully saturated rings. The standard InChI is InChI=1S/C17H17NO2/c19-16-6-3-5-14-12(16)8-10-18(14)15-9-11-20-17-7-2-1-4-13(15)17/h1-2,4,7-8,10,15H,3,5-6,9,11H2. The van der Waals surface area contributed by atoms with E-state index in [2.05, 4.69) is 22.9 Å². The predicted octanol–water partition coefficient (Wildman–Crippen LogP) is 3.38. The first-order valence-corrected chi connectivity index (χ1v) is 7.29. The zero-order chi connectivity index (χ0) is 13.5. The molecule has 1 unspecified atom stereocenters. The van der Waals surface area contributed by atoms with Gasteiger partial charge in [0.2, 0.25) is 0 Å². The fourth-order valence-corrected chi connectivity index (χ4v) is 3.45. The molecule has 0 spiro atoms. The van der Waals surface area contributed by atoms with E-state index in [1.54, 1.807) is 0 Å². The van der Waals surface area contributed by atoms with Crippen LogP contribution in [-0.4, -0.2) is 17.0 Å². The maximum absolute atomic E-state index is 12.0. The van der Waals surface area contributed by atoms with Crippen molar-refractivity contribution in [3.63, 3.8) is 0 Å². The molecule has 1 aliphatic heterocycles. The van der Waals surface area contributed by atoms with Crippen molar-refractivity contribution in [3.05, 3.63) is 53.3 Å². The minimum Gasteiger partial charge on any atom is -0.493 e. The summed E-state index contributed by atoms with van der Waals surface area (Å²) in [6.07, 6.45) is 5.72. The molecule has 102 valence electrons. The van der Waals surface area contributed by atoms with Crippen molar-refractivity contribution in [3.8, 4) is 5.75 Å². The number of fused-ring (bicyclic) bond motifs is 2. The quantitative estimate of drug-likeness (QED) is 0.793. The average Bonchev–Trinajstić information content (AvgIpc) is 2.92. The number of benzene rings is 1. The van der Waals surface area contributed by atoms with Crippen molar-refractivity contribution in [2.75, 3.05) is 6.61 Å². The Balaban J connectivity index is 1.82. The van der Waals surface area contributed by atoms with Gasteiger partial charge in [0.25, 0.3) is 0 Å². The van der Waals surface area contributed by atoms with E-state index in [1.807, 2.05) is 18.2 Å². The summed E-state index contributed by atoms with van der Waals surface area (Å²) in [5.74, 6) is 1.28. The lowest BCUT2D eigenvalue weighted by Crippen LogP contribution is -2.22. The number of hydrogen-bond acceptors (Lipinski definition) is 2. The van der Waals surface area contributed by atoms with Gasteiger partial charge in [-0.2, -0.15) is 0 Å². The van der Waals surface area contributed by atoms with Crippen LogP contribution in [0, 0.1) is 0 Å². The number of rotatable bonds is 1. The minimum absolute atomic E-state index is 0.297. The van der Waals surface area contributed by atoms with Crippen LogP contribution >= 0.6 is 0 Å². The van der Waals surface area contributed by atoms with E-state index in [-0.39, 0.29) is 0 Å². The summed E-state index contributed by atoms with van der Waals surface area (Å²) < 4.78 is 8.04. The third-order valence-corrected chi connectivity index (χ3v) is 4.40. The molecule has 4 rings (SSSR count). The van der Waals surface area contributed by atoms with Gasteiger partial charge in [-0.05, 0) is 25.0 Å². The molecule has 3 heteroatoms. The second-order valence-corrected chi connectivity index (χ2v) is 5.55. The first-order valence-electron chi connectivity index (χ1n) is 7.29. The minimum atomic E-state index is 0.297. The Hall–Kier alpha value is -2.03. The van der Waals surface area contributed by atoms with Gasteiger partial charge in [0.05, 0.1) is 12.6 Å². The summed E-state index contributed by atoms with van der Waals surface area (Å²) in [4.78, 5) is 12.0. The molecule has 2 aromatic rings. The first-order chi connectivity index (χ1) is 9.84. The zero-order valence-corrected chi connectivity index (χ0v) is 11.3. The van der Waals surface area contributed by atoms with Crippen LogP contribution in [0.25, 0.3) is 0 Å². The lowest BCUT2D eigenvalue weighted by molar-refractivity contribution is 0.0971. The number of carbonyl (C=O) groups is 1. The van der Waals surface area contributed by atoms with E-state index < -0.39 is 0 Å². The van der Waals surface area contributed by atoms with Crippen LogP contribution in [0.1, 0.15) is 46.9 Å². The molecular weight excluding hydrogens is 250 g/mol. The van der Waals surface area contributed by atoms with Crippen molar-refractivity contribution in [2.24, 2.45) is 0 Å². The lowest BCUT2D eigenvalue weighted by atomic mass is 9.95. The van der Waals surface area contributed by atoms with Crippen LogP contribution in [0.4, 0.5) is 0 Å². The molecular formula is C17H17NO2. The van der Waals surface area contributed by atoms with Gasteiger partial charge < -0.3 is 9.30 Å². The van der Waals surface area contributed by atoms with Gasteiger partial charge in [-0.3, -0.25) is 4.79 Å². The maximum Gasteiger partial charge on any atom is 0.164 e. The number of para-hydroxylation sites is 1. The van der Waals surface area contributed by atoms with E-state index >= 15 is 0 Å². The van der Waals surface area contributed by atoms with Crippen LogP contribution in [0.3, 0.4) is 0 Å². The van der Waals surface area contributed by atoms with Crippen LogP contribution in [0.5, 0.6) is 5.75 Å². The van der Waals surface area contributed by atoms with E-state index in [0.29, 0.717) is 18.2 Å². The van der Waals surface area contributed by atoms with Gasteiger partial charge in [0.1, 0.15) is 5.75 Å². The van der Waals surface area contributed by atoms with Crippen molar-refractivity contribution in [2.45, 2.75) is 31.7 Å². The second kappa shape index (κ2) is 4.51. The fraction of sp³-hybridized carbons (Fsp3) is 0.353. The van der Waals surface area contributed by atoms with Crippen LogP contribution in [0.15, 0.2) is 36.5 Å². The maximum atomic E-state index is 12.0. The van der Waals surface area contributed by atoms with Crippen LogP contribution < -0.4 is 4.74 Å². The van der Waals surface area contributed by atoms with Gasteiger partial charge in [0.15, 0.2) is 5.78 Å². The van der Waals surface area contributed by atoms with E-state index in [4.69, 9.17) is 4.74 Å². The summed E-state index contributed by atoms with van der Waals surface area (Å²) in [6.45, 7) is 0.739. The average molecular weight is 267 g/mol. The highest BCUT2D eigenvalue weighted by molar-refractivity contribution is 5.98. The highest BCUT2D eigenvalue weighted by atomic mass is 16.5. The van der Waals surface area contributed by atoms with Crippen molar-refractivity contribution < 1.29 is 9.53 Å². The number of ether oxygens (including phenoxy) is 1. The van der Waals surface area contributed by atoms with Crippen molar-refractivity contribution in [1.29, 1.82) is 0 Å². The molecule has 1 aromatic carbocycles. The summed E-state index contributed by atoms with van der Waals surface area (Å²) in [6, 6.07) is 10.5. The molecule has 1 atom stereocenters. The number of carbonyl (C=O) groups excluding carboxylic acids is 1. The molecule has 0 amide bonds. The van der Waals surface area contributed by atoms with Gasteiger partial charge in [0, 0.05) is 35.9 Å². The van der Waals surface area contributed by atoms with Crippen molar-refractivity contribution in [1.82, 2.24) is 4.57 Å². The molecule has 0 N–H and O–H groups in total. The molecule has 20 heavy (non-hydrogen) atoms. The molecule has 0 saturated carbocycles. The number of aromatic nitrogens is 1. The monoisotopic (exact) mass is 267 g/mol. The van der Waals surface area contributed by atoms with Gasteiger partial charge in [-0.1, -0.05) is 18.2 Å². The molecule has 2 heterocycles. The Morgan fingerprint density at radius 2 is 2.05 bits per heavy atom. The van der Waals surface area contributed by atoms with Crippen LogP contribution in [-0.2, 0) is 6.42 Å². The molecule has 1 aliphatic carbocycles. The van der Waals surface area contributed by atoms with E-state index in [0.717, 1.165) is 37.2 Å². The topological polar surface area (TPSA) is 31.2 Å². The first kappa shape index (κ1) is 11.8. The third-order valence-electron chi connectivity index (χ3n) is 4.40. The number of hydrogen-bond donors (Lipinski definition) is 0. The fourth-order valence-electron chi connectivity index (χ4n) is 3.45. The number of Topliss-reactive ketones (excluding diaryl/α,β-unsaturated/α-hetero) is 1. The largest absolute Gasteiger partial charge is 0.493 e. The molecule has 0 saturated heterocycles. The normalized spacial score (nSPS) is 21.0. The highest BCUT2D eigenvalue weighted by Gasteiger charge is 2.27. The second-order valence-electron chi connectivity index (χ2n) is 5.55. The summed E-state index contributed by atoms with van der Waals surface area (Å²) in [5.41, 5.74) is 3.37. The molecule has 2 aliphatic rings. The summed E-state index contributed by atoms with van der Waals surface area (Å²) in [7, 11) is 0. The Bertz CT molecular complexity index is 671. The highest BCUT2D eigenvalue weighted by Crippen LogP contribution is 2.37. The number of nitrogens with zero attached hydrogens (tertiary/aromatic N) is 1. The Kier molecular flexibility index (Phi) is 2.66. The molecule has 3 nitrogen and oxygen atoms in total. The summed E-state index contributed by atoms with van der Waals surface area (Å²) >= 11 is 0. The molecule has 0 radical (unpaired) electrons. The summed E-state index contributed by atoms with van der Waals surface area (Å²) in [5, 5.41) is 0. The third kappa shape index (κ3) is 1.69. The van der Waals surface area contributed by atoms with Gasteiger partial charge in [-0.15, -0.1) is 0 Å². The molecule has 0 bridgehead atoms. The predicted molar refractivity (Wildman–Crippen MR) is 76.4 cm³/mol. The van der Waals surface area contributed by atoms with E-state index in [1.165, 1.54) is 11.3 Å². The smallest absolute Gasteiger partial charge is 0.164 e.